The second-order valence-corrected chi connectivity index (χ2v) is 9.42. The fourth-order valence-corrected chi connectivity index (χ4v) is 5.00. The van der Waals surface area contributed by atoms with Crippen molar-refractivity contribution in [3.63, 3.8) is 0 Å². The molecule has 3 rings (SSSR count). The number of benzene rings is 1. The van der Waals surface area contributed by atoms with Crippen molar-refractivity contribution in [2.45, 2.75) is 52.4 Å². The molecule has 0 bridgehead atoms. The summed E-state index contributed by atoms with van der Waals surface area (Å²) in [5.41, 5.74) is 2.18. The standard InChI is InChI=1S/C21H24FN3O2S2/c1-11(2)25-20(27)18-13(4)14(5)29-19(18)24-21(25)28-10-17(26)23-9-15-7-6-12(3)16(22)8-15/h6-8,11H,9-10H2,1-5H3,(H,23,26). The Labute approximate surface area is 177 Å². The molecular weight excluding hydrogens is 409 g/mol. The van der Waals surface area contributed by atoms with E-state index in [1.54, 1.807) is 23.6 Å². The topological polar surface area (TPSA) is 64.0 Å². The summed E-state index contributed by atoms with van der Waals surface area (Å²) in [4.78, 5) is 31.8. The highest BCUT2D eigenvalue weighted by Crippen LogP contribution is 2.29. The first-order valence-corrected chi connectivity index (χ1v) is 11.2. The molecule has 0 saturated heterocycles. The summed E-state index contributed by atoms with van der Waals surface area (Å²) in [6, 6.07) is 4.84. The molecule has 0 saturated carbocycles. The minimum atomic E-state index is -0.286. The van der Waals surface area contributed by atoms with Crippen LogP contribution in [0.1, 0.15) is 41.5 Å². The Bertz CT molecular complexity index is 1140. The molecule has 8 heteroatoms. The third kappa shape index (κ3) is 4.53. The lowest BCUT2D eigenvalue weighted by Crippen LogP contribution is -2.27. The van der Waals surface area contributed by atoms with E-state index in [0.29, 0.717) is 26.5 Å². The van der Waals surface area contributed by atoms with Crippen molar-refractivity contribution in [3.05, 3.63) is 55.9 Å². The zero-order valence-corrected chi connectivity index (χ0v) is 18.8. The summed E-state index contributed by atoms with van der Waals surface area (Å²) in [6.45, 7) is 9.73. The molecule has 29 heavy (non-hydrogen) atoms. The summed E-state index contributed by atoms with van der Waals surface area (Å²) >= 11 is 2.74. The molecule has 0 aliphatic heterocycles. The van der Waals surface area contributed by atoms with E-state index in [4.69, 9.17) is 0 Å². The molecule has 0 aliphatic carbocycles. The van der Waals surface area contributed by atoms with Gasteiger partial charge in [-0.05, 0) is 57.4 Å². The molecule has 0 spiro atoms. The largest absolute Gasteiger partial charge is 0.351 e. The van der Waals surface area contributed by atoms with Gasteiger partial charge >= 0.3 is 0 Å². The van der Waals surface area contributed by atoms with Crippen molar-refractivity contribution in [1.29, 1.82) is 0 Å². The van der Waals surface area contributed by atoms with Crippen molar-refractivity contribution in [2.75, 3.05) is 5.75 Å². The van der Waals surface area contributed by atoms with E-state index in [1.807, 2.05) is 27.7 Å². The van der Waals surface area contributed by atoms with E-state index in [0.717, 1.165) is 10.4 Å². The number of fused-ring (bicyclic) bond motifs is 1. The number of thiophene rings is 1. The van der Waals surface area contributed by atoms with Crippen molar-refractivity contribution in [1.82, 2.24) is 14.9 Å². The molecule has 0 aliphatic rings. The van der Waals surface area contributed by atoms with Gasteiger partial charge in [0.25, 0.3) is 5.56 Å². The summed E-state index contributed by atoms with van der Waals surface area (Å²) in [7, 11) is 0. The average molecular weight is 434 g/mol. The summed E-state index contributed by atoms with van der Waals surface area (Å²) in [6.07, 6.45) is 0. The molecule has 0 radical (unpaired) electrons. The smallest absolute Gasteiger partial charge is 0.263 e. The zero-order valence-electron chi connectivity index (χ0n) is 17.1. The van der Waals surface area contributed by atoms with Crippen LogP contribution in [0.2, 0.25) is 0 Å². The monoisotopic (exact) mass is 433 g/mol. The van der Waals surface area contributed by atoms with Crippen molar-refractivity contribution in [3.8, 4) is 0 Å². The fraction of sp³-hybridized carbons (Fsp3) is 0.381. The molecule has 2 heterocycles. The molecule has 5 nitrogen and oxygen atoms in total. The Morgan fingerprint density at radius 1 is 1.31 bits per heavy atom. The number of halogens is 1. The molecular formula is C21H24FN3O2S2. The van der Waals surface area contributed by atoms with Gasteiger partial charge in [-0.25, -0.2) is 9.37 Å². The van der Waals surface area contributed by atoms with E-state index < -0.39 is 0 Å². The van der Waals surface area contributed by atoms with Crippen LogP contribution in [-0.2, 0) is 11.3 Å². The first-order chi connectivity index (χ1) is 13.7. The fourth-order valence-electron chi connectivity index (χ4n) is 2.97. The highest BCUT2D eigenvalue weighted by atomic mass is 32.2. The van der Waals surface area contributed by atoms with E-state index in [1.165, 1.54) is 29.2 Å². The van der Waals surface area contributed by atoms with Gasteiger partial charge in [0.05, 0.1) is 11.1 Å². The summed E-state index contributed by atoms with van der Waals surface area (Å²) < 4.78 is 15.3. The van der Waals surface area contributed by atoms with E-state index in [9.17, 15) is 14.0 Å². The maximum absolute atomic E-state index is 13.6. The normalized spacial score (nSPS) is 11.4. The van der Waals surface area contributed by atoms with Crippen LogP contribution >= 0.6 is 23.1 Å². The van der Waals surface area contributed by atoms with Crippen molar-refractivity contribution in [2.24, 2.45) is 0 Å². The predicted octanol–water partition coefficient (Wildman–Crippen LogP) is 4.51. The lowest BCUT2D eigenvalue weighted by atomic mass is 10.1. The number of amides is 1. The van der Waals surface area contributed by atoms with E-state index >= 15 is 0 Å². The van der Waals surface area contributed by atoms with Gasteiger partial charge in [0.15, 0.2) is 5.16 Å². The predicted molar refractivity (Wildman–Crippen MR) is 117 cm³/mol. The minimum Gasteiger partial charge on any atom is -0.351 e. The summed E-state index contributed by atoms with van der Waals surface area (Å²) in [5.74, 6) is -0.354. The van der Waals surface area contributed by atoms with Gasteiger partial charge < -0.3 is 5.32 Å². The molecule has 0 unspecified atom stereocenters. The molecule has 3 aromatic rings. The molecule has 1 amide bonds. The summed E-state index contributed by atoms with van der Waals surface area (Å²) in [5, 5.41) is 3.99. The Morgan fingerprint density at radius 2 is 2.03 bits per heavy atom. The first-order valence-electron chi connectivity index (χ1n) is 9.35. The number of carbonyl (C=O) groups is 1. The number of hydrogen-bond donors (Lipinski definition) is 1. The maximum Gasteiger partial charge on any atom is 0.263 e. The molecule has 154 valence electrons. The van der Waals surface area contributed by atoms with E-state index in [2.05, 4.69) is 10.3 Å². The van der Waals surface area contributed by atoms with Crippen molar-refractivity contribution < 1.29 is 9.18 Å². The van der Waals surface area contributed by atoms with Crippen LogP contribution in [0, 0.1) is 26.6 Å². The number of aromatic nitrogens is 2. The number of aryl methyl sites for hydroxylation is 3. The number of nitrogens with zero attached hydrogens (tertiary/aromatic N) is 2. The quantitative estimate of drug-likeness (QED) is 0.459. The Morgan fingerprint density at radius 3 is 2.69 bits per heavy atom. The van der Waals surface area contributed by atoms with Gasteiger partial charge in [-0.3, -0.25) is 14.2 Å². The Balaban J connectivity index is 1.75. The lowest BCUT2D eigenvalue weighted by molar-refractivity contribution is -0.118. The molecule has 1 aromatic carbocycles. The third-order valence-corrected chi connectivity index (χ3v) is 6.83. The lowest BCUT2D eigenvalue weighted by Gasteiger charge is -2.15. The number of rotatable bonds is 6. The number of thioether (sulfide) groups is 1. The third-order valence-electron chi connectivity index (χ3n) is 4.78. The second kappa shape index (κ2) is 8.67. The average Bonchev–Trinajstić information content (AvgIpc) is 2.94. The van der Waals surface area contributed by atoms with Gasteiger partial charge in [-0.2, -0.15) is 0 Å². The number of hydrogen-bond acceptors (Lipinski definition) is 5. The number of nitrogens with one attached hydrogen (secondary N) is 1. The molecule has 1 N–H and O–H groups in total. The van der Waals surface area contributed by atoms with Gasteiger partial charge in [0.1, 0.15) is 10.6 Å². The first kappa shape index (κ1) is 21.5. The van der Waals surface area contributed by atoms with Gasteiger partial charge in [-0.15, -0.1) is 11.3 Å². The molecule has 2 aromatic heterocycles. The number of carbonyl (C=O) groups excluding carboxylic acids is 1. The van der Waals surface area contributed by atoms with Crippen LogP contribution in [0.5, 0.6) is 0 Å². The maximum atomic E-state index is 13.6. The highest BCUT2D eigenvalue weighted by Gasteiger charge is 2.19. The van der Waals surface area contributed by atoms with Crippen LogP contribution in [-0.4, -0.2) is 21.2 Å². The minimum absolute atomic E-state index is 0.0649. The van der Waals surface area contributed by atoms with Crippen LogP contribution in [0.15, 0.2) is 28.2 Å². The Kier molecular flexibility index (Phi) is 6.43. The molecule has 0 atom stereocenters. The van der Waals surface area contributed by atoms with Crippen LogP contribution in [0.4, 0.5) is 4.39 Å². The molecule has 0 fully saturated rings. The zero-order chi connectivity index (χ0) is 21.3. The second-order valence-electron chi connectivity index (χ2n) is 7.28. The van der Waals surface area contributed by atoms with Crippen molar-refractivity contribution >= 4 is 39.2 Å². The van der Waals surface area contributed by atoms with E-state index in [-0.39, 0.29) is 35.6 Å². The van der Waals surface area contributed by atoms with Crippen LogP contribution < -0.4 is 10.9 Å². The van der Waals surface area contributed by atoms with Gasteiger partial charge in [0.2, 0.25) is 5.91 Å². The highest BCUT2D eigenvalue weighted by molar-refractivity contribution is 7.99. The van der Waals surface area contributed by atoms with Gasteiger partial charge in [0, 0.05) is 17.5 Å². The SMILES string of the molecule is Cc1ccc(CNC(=O)CSc2nc3sc(C)c(C)c3c(=O)n2C(C)C)cc1F. The van der Waals surface area contributed by atoms with Crippen LogP contribution in [0.25, 0.3) is 10.2 Å². The van der Waals surface area contributed by atoms with Gasteiger partial charge in [-0.1, -0.05) is 23.9 Å². The van der Waals surface area contributed by atoms with Crippen LogP contribution in [0.3, 0.4) is 0 Å². The Hall–Kier alpha value is -2.19.